The van der Waals surface area contributed by atoms with Gasteiger partial charge >= 0.3 is 5.69 Å². The standard InChI is InChI=1S/C22H31N5O3/c1-4-27-21(29)18-6-5-15(13-19(18)23-22(27)30)20(28)25(3)17-9-12-26(14-17)16-7-10-24(2)11-8-16/h5-6,13,16-17H,4,7-12,14H2,1-3H3,(H,23,30). The van der Waals surface area contributed by atoms with Gasteiger partial charge in [0.05, 0.1) is 10.9 Å². The number of carbonyl (C=O) groups is 1. The minimum absolute atomic E-state index is 0.0763. The van der Waals surface area contributed by atoms with Crippen molar-refractivity contribution in [1.82, 2.24) is 24.3 Å². The third-order valence-corrected chi connectivity index (χ3v) is 6.81. The van der Waals surface area contributed by atoms with Gasteiger partial charge in [-0.2, -0.15) is 0 Å². The number of piperidine rings is 1. The number of hydrogen-bond acceptors (Lipinski definition) is 5. The number of aromatic nitrogens is 2. The molecule has 30 heavy (non-hydrogen) atoms. The van der Waals surface area contributed by atoms with Crippen molar-refractivity contribution in [3.63, 3.8) is 0 Å². The van der Waals surface area contributed by atoms with Gasteiger partial charge in [-0.1, -0.05) is 0 Å². The fraction of sp³-hybridized carbons (Fsp3) is 0.591. The van der Waals surface area contributed by atoms with E-state index >= 15 is 0 Å². The second-order valence-corrected chi connectivity index (χ2v) is 8.63. The van der Waals surface area contributed by atoms with Crippen LogP contribution in [-0.4, -0.2) is 82.5 Å². The van der Waals surface area contributed by atoms with Crippen LogP contribution in [0.3, 0.4) is 0 Å². The number of nitrogens with zero attached hydrogens (tertiary/aromatic N) is 4. The van der Waals surface area contributed by atoms with Crippen LogP contribution in [0.4, 0.5) is 0 Å². The number of H-pyrrole nitrogens is 1. The first-order valence-electron chi connectivity index (χ1n) is 10.9. The molecule has 1 N–H and O–H groups in total. The number of likely N-dealkylation sites (N-methyl/N-ethyl adjacent to an activating group) is 1. The van der Waals surface area contributed by atoms with Crippen LogP contribution in [0.5, 0.6) is 0 Å². The van der Waals surface area contributed by atoms with Gasteiger partial charge < -0.3 is 14.8 Å². The fourth-order valence-corrected chi connectivity index (χ4v) is 4.82. The molecule has 0 saturated carbocycles. The Kier molecular flexibility index (Phi) is 5.79. The molecule has 1 amide bonds. The lowest BCUT2D eigenvalue weighted by atomic mass is 10.0. The Balaban J connectivity index is 1.49. The van der Waals surface area contributed by atoms with E-state index in [1.165, 1.54) is 12.8 Å². The van der Waals surface area contributed by atoms with Crippen LogP contribution in [0, 0.1) is 0 Å². The minimum atomic E-state index is -0.447. The van der Waals surface area contributed by atoms with Crippen molar-refractivity contribution in [1.29, 1.82) is 0 Å². The van der Waals surface area contributed by atoms with E-state index in [9.17, 15) is 14.4 Å². The molecule has 2 aliphatic rings. The summed E-state index contributed by atoms with van der Waals surface area (Å²) in [5.74, 6) is -0.0763. The average molecular weight is 414 g/mol. The molecule has 2 saturated heterocycles. The lowest BCUT2D eigenvalue weighted by Gasteiger charge is -2.35. The number of hydrogen-bond donors (Lipinski definition) is 1. The maximum atomic E-state index is 13.1. The predicted molar refractivity (Wildman–Crippen MR) is 117 cm³/mol. The third kappa shape index (κ3) is 3.81. The van der Waals surface area contributed by atoms with Gasteiger partial charge in [-0.05, 0) is 64.5 Å². The molecule has 2 aliphatic heterocycles. The van der Waals surface area contributed by atoms with E-state index in [1.807, 2.05) is 11.9 Å². The highest BCUT2D eigenvalue weighted by Crippen LogP contribution is 2.24. The second-order valence-electron chi connectivity index (χ2n) is 8.63. The fourth-order valence-electron chi connectivity index (χ4n) is 4.82. The summed E-state index contributed by atoms with van der Waals surface area (Å²) in [6.07, 6.45) is 3.35. The van der Waals surface area contributed by atoms with Crippen molar-refractivity contribution < 1.29 is 4.79 Å². The van der Waals surface area contributed by atoms with Gasteiger partial charge in [0.15, 0.2) is 0 Å². The summed E-state index contributed by atoms with van der Waals surface area (Å²) >= 11 is 0. The van der Waals surface area contributed by atoms with Gasteiger partial charge in [-0.3, -0.25) is 19.1 Å². The van der Waals surface area contributed by atoms with E-state index in [0.717, 1.165) is 37.2 Å². The van der Waals surface area contributed by atoms with Crippen LogP contribution in [0.25, 0.3) is 10.9 Å². The molecule has 1 atom stereocenters. The molecule has 0 radical (unpaired) electrons. The number of aromatic amines is 1. The molecule has 1 aromatic carbocycles. The Morgan fingerprint density at radius 2 is 1.90 bits per heavy atom. The molecule has 0 bridgehead atoms. The van der Waals surface area contributed by atoms with E-state index in [0.29, 0.717) is 29.1 Å². The molecule has 2 aromatic rings. The van der Waals surface area contributed by atoms with Crippen molar-refractivity contribution in [3.05, 3.63) is 44.6 Å². The smallest absolute Gasteiger partial charge is 0.328 e. The maximum Gasteiger partial charge on any atom is 0.328 e. The van der Waals surface area contributed by atoms with Gasteiger partial charge in [0.1, 0.15) is 0 Å². The summed E-state index contributed by atoms with van der Waals surface area (Å²) in [5.41, 5.74) is 0.131. The summed E-state index contributed by atoms with van der Waals surface area (Å²) in [4.78, 5) is 47.2. The molecular weight excluding hydrogens is 382 g/mol. The van der Waals surface area contributed by atoms with E-state index < -0.39 is 5.69 Å². The van der Waals surface area contributed by atoms with E-state index in [2.05, 4.69) is 21.8 Å². The van der Waals surface area contributed by atoms with Gasteiger partial charge in [-0.15, -0.1) is 0 Å². The topological polar surface area (TPSA) is 81.7 Å². The van der Waals surface area contributed by atoms with E-state index in [4.69, 9.17) is 0 Å². The Hall–Kier alpha value is -2.45. The Bertz CT molecular complexity index is 1050. The lowest BCUT2D eigenvalue weighted by Crippen LogP contribution is -2.45. The Morgan fingerprint density at radius 3 is 2.60 bits per heavy atom. The van der Waals surface area contributed by atoms with Crippen LogP contribution in [0.1, 0.15) is 36.5 Å². The van der Waals surface area contributed by atoms with Crippen molar-refractivity contribution in [2.75, 3.05) is 40.3 Å². The van der Waals surface area contributed by atoms with Crippen LogP contribution >= 0.6 is 0 Å². The first-order chi connectivity index (χ1) is 14.4. The molecule has 8 nitrogen and oxygen atoms in total. The molecular formula is C22H31N5O3. The van der Waals surface area contributed by atoms with Gasteiger partial charge in [0.25, 0.3) is 11.5 Å². The Labute approximate surface area is 176 Å². The molecule has 2 fully saturated rings. The number of amides is 1. The summed E-state index contributed by atoms with van der Waals surface area (Å²) in [6.45, 7) is 6.26. The number of likely N-dealkylation sites (tertiary alicyclic amines) is 2. The lowest BCUT2D eigenvalue weighted by molar-refractivity contribution is 0.0721. The summed E-state index contributed by atoms with van der Waals surface area (Å²) in [7, 11) is 4.02. The predicted octanol–water partition coefficient (Wildman–Crippen LogP) is 0.950. The minimum Gasteiger partial charge on any atom is -0.337 e. The SMILES string of the molecule is CCn1c(=O)[nH]c2cc(C(=O)N(C)C3CCN(C4CCN(C)CC4)C3)ccc2c1=O. The molecule has 1 aromatic heterocycles. The molecule has 0 spiro atoms. The average Bonchev–Trinajstić information content (AvgIpc) is 3.23. The van der Waals surface area contributed by atoms with Gasteiger partial charge in [0, 0.05) is 44.3 Å². The van der Waals surface area contributed by atoms with Crippen molar-refractivity contribution >= 4 is 16.8 Å². The third-order valence-electron chi connectivity index (χ3n) is 6.81. The number of fused-ring (bicyclic) bond motifs is 1. The van der Waals surface area contributed by atoms with Crippen molar-refractivity contribution in [3.8, 4) is 0 Å². The number of nitrogens with one attached hydrogen (secondary N) is 1. The molecule has 0 aliphatic carbocycles. The second kappa shape index (κ2) is 8.35. The number of benzene rings is 1. The van der Waals surface area contributed by atoms with Gasteiger partial charge in [0.2, 0.25) is 0 Å². The molecule has 8 heteroatoms. The largest absolute Gasteiger partial charge is 0.337 e. The zero-order valence-electron chi connectivity index (χ0n) is 18.1. The quantitative estimate of drug-likeness (QED) is 0.807. The maximum absolute atomic E-state index is 13.1. The molecule has 4 rings (SSSR count). The normalized spacial score (nSPS) is 21.4. The van der Waals surface area contributed by atoms with E-state index in [1.54, 1.807) is 25.1 Å². The van der Waals surface area contributed by atoms with Crippen LogP contribution < -0.4 is 11.2 Å². The van der Waals surface area contributed by atoms with Crippen LogP contribution in [-0.2, 0) is 6.54 Å². The zero-order chi connectivity index (χ0) is 21.4. The van der Waals surface area contributed by atoms with Crippen LogP contribution in [0.15, 0.2) is 27.8 Å². The summed E-state index contributed by atoms with van der Waals surface area (Å²) < 4.78 is 1.16. The molecule has 1 unspecified atom stereocenters. The number of carbonyl (C=O) groups excluding carboxylic acids is 1. The zero-order valence-corrected chi connectivity index (χ0v) is 18.1. The van der Waals surface area contributed by atoms with Gasteiger partial charge in [-0.25, -0.2) is 4.79 Å². The summed E-state index contributed by atoms with van der Waals surface area (Å²) in [6, 6.07) is 5.74. The summed E-state index contributed by atoms with van der Waals surface area (Å²) in [5, 5.41) is 0.421. The highest BCUT2D eigenvalue weighted by Gasteiger charge is 2.33. The first-order valence-corrected chi connectivity index (χ1v) is 10.9. The Morgan fingerprint density at radius 1 is 1.17 bits per heavy atom. The molecule has 162 valence electrons. The molecule has 3 heterocycles. The number of rotatable bonds is 4. The van der Waals surface area contributed by atoms with Crippen molar-refractivity contribution in [2.24, 2.45) is 0 Å². The van der Waals surface area contributed by atoms with Crippen LogP contribution in [0.2, 0.25) is 0 Å². The van der Waals surface area contributed by atoms with Crippen molar-refractivity contribution in [2.45, 2.75) is 44.8 Å². The highest BCUT2D eigenvalue weighted by atomic mass is 16.2. The first kappa shape index (κ1) is 20.8. The monoisotopic (exact) mass is 413 g/mol. The highest BCUT2D eigenvalue weighted by molar-refractivity contribution is 5.97. The van der Waals surface area contributed by atoms with E-state index in [-0.39, 0.29) is 17.5 Å².